The molecule has 0 spiro atoms. The smallest absolute Gasteiger partial charge is 0.129 e. The van der Waals surface area contributed by atoms with Gasteiger partial charge in [0.25, 0.3) is 0 Å². The van der Waals surface area contributed by atoms with Crippen LogP contribution in [-0.4, -0.2) is 0 Å². The van der Waals surface area contributed by atoms with Crippen LogP contribution in [0, 0.1) is 5.82 Å². The Morgan fingerprint density at radius 3 is 2.41 bits per heavy atom. The zero-order valence-electron chi connectivity index (χ0n) is 8.18. The maximum Gasteiger partial charge on any atom is 0.129 e. The zero-order valence-corrected chi connectivity index (χ0v) is 14.5. The maximum absolute atomic E-state index is 13.8. The summed E-state index contributed by atoms with van der Waals surface area (Å²) in [6.07, 6.45) is 0. The Morgan fingerprint density at radius 1 is 1.18 bits per heavy atom. The third-order valence-corrected chi connectivity index (χ3v) is 5.80. The van der Waals surface area contributed by atoms with Gasteiger partial charge in [0, 0.05) is 10.6 Å². The van der Waals surface area contributed by atoms with Gasteiger partial charge in [-0.15, -0.1) is 11.3 Å². The van der Waals surface area contributed by atoms with Gasteiger partial charge >= 0.3 is 0 Å². The van der Waals surface area contributed by atoms with E-state index < -0.39 is 0 Å². The second-order valence-corrected chi connectivity index (χ2v) is 8.41. The quantitative estimate of drug-likeness (QED) is 0.443. The van der Waals surface area contributed by atoms with E-state index in [4.69, 9.17) is 11.6 Å². The van der Waals surface area contributed by atoms with Crippen molar-refractivity contribution in [1.82, 2.24) is 0 Å². The standard InChI is InChI=1S/C11H5Br3ClFS/c12-9-4-7(11(14)17-9)10(13)6-2-1-5(15)3-8(6)16/h1-4,10H. The normalized spacial score (nSPS) is 12.8. The molecule has 17 heavy (non-hydrogen) atoms. The third kappa shape index (κ3) is 3.13. The van der Waals surface area contributed by atoms with Crippen molar-refractivity contribution in [3.8, 4) is 0 Å². The van der Waals surface area contributed by atoms with Crippen LogP contribution in [0.15, 0.2) is 31.8 Å². The van der Waals surface area contributed by atoms with Gasteiger partial charge in [-0.2, -0.15) is 0 Å². The van der Waals surface area contributed by atoms with E-state index in [9.17, 15) is 4.39 Å². The highest BCUT2D eigenvalue weighted by atomic mass is 79.9. The van der Waals surface area contributed by atoms with Crippen LogP contribution >= 0.6 is 70.7 Å². The number of rotatable bonds is 2. The molecule has 1 unspecified atom stereocenters. The molecule has 0 bridgehead atoms. The number of halogens is 5. The molecule has 1 atom stereocenters. The molecule has 1 aromatic heterocycles. The van der Waals surface area contributed by atoms with Gasteiger partial charge in [0.05, 0.1) is 12.4 Å². The van der Waals surface area contributed by atoms with E-state index in [0.717, 1.165) is 13.1 Å². The van der Waals surface area contributed by atoms with Crippen LogP contribution in [0.2, 0.25) is 5.02 Å². The first-order valence-corrected chi connectivity index (χ1v) is 8.22. The predicted molar refractivity (Wildman–Crippen MR) is 81.9 cm³/mol. The van der Waals surface area contributed by atoms with E-state index in [1.54, 1.807) is 23.5 Å². The van der Waals surface area contributed by atoms with Gasteiger partial charge in [0.2, 0.25) is 0 Å². The van der Waals surface area contributed by atoms with Crippen molar-refractivity contribution < 1.29 is 4.39 Å². The van der Waals surface area contributed by atoms with Crippen LogP contribution < -0.4 is 0 Å². The summed E-state index contributed by atoms with van der Waals surface area (Å²) in [5.41, 5.74) is 1.56. The van der Waals surface area contributed by atoms with Crippen LogP contribution in [0.1, 0.15) is 16.0 Å². The maximum atomic E-state index is 13.8. The lowest BCUT2D eigenvalue weighted by Crippen LogP contribution is -1.95. The molecule has 1 heterocycles. The van der Waals surface area contributed by atoms with Gasteiger partial charge in [0.15, 0.2) is 0 Å². The largest absolute Gasteiger partial charge is 0.207 e. The molecule has 6 heteroatoms. The molecule has 0 radical (unpaired) electrons. The lowest BCUT2D eigenvalue weighted by molar-refractivity contribution is 0.613. The molecule has 0 saturated carbocycles. The second-order valence-electron chi connectivity index (χ2n) is 3.31. The number of hydrogen-bond acceptors (Lipinski definition) is 1. The second kappa shape index (κ2) is 5.70. The fourth-order valence-electron chi connectivity index (χ4n) is 1.40. The summed E-state index contributed by atoms with van der Waals surface area (Å²) in [4.78, 5) is -0.198. The van der Waals surface area contributed by atoms with Gasteiger partial charge < -0.3 is 0 Å². The number of alkyl halides is 1. The molecule has 0 amide bonds. The van der Waals surface area contributed by atoms with Crippen LogP contribution in [0.5, 0.6) is 0 Å². The first-order valence-electron chi connectivity index (χ1n) is 4.53. The fraction of sp³-hybridized carbons (Fsp3) is 0.0909. The predicted octanol–water partition coefficient (Wildman–Crippen LogP) is 6.55. The van der Waals surface area contributed by atoms with Crippen molar-refractivity contribution in [2.45, 2.75) is 4.83 Å². The molecule has 0 nitrogen and oxygen atoms in total. The summed E-state index contributed by atoms with van der Waals surface area (Å²) in [6.45, 7) is 0. The Balaban J connectivity index is 2.43. The van der Waals surface area contributed by atoms with Gasteiger partial charge in [-0.3, -0.25) is 0 Å². The highest BCUT2D eigenvalue weighted by Gasteiger charge is 2.19. The summed E-state index contributed by atoms with van der Waals surface area (Å²) in [5, 5.41) is 0.400. The van der Waals surface area contributed by atoms with Gasteiger partial charge in [-0.25, -0.2) is 4.39 Å². The van der Waals surface area contributed by atoms with Crippen LogP contribution in [0.25, 0.3) is 0 Å². The minimum atomic E-state index is -0.311. The third-order valence-electron chi connectivity index (χ3n) is 2.19. The van der Waals surface area contributed by atoms with Crippen molar-refractivity contribution in [1.29, 1.82) is 0 Å². The van der Waals surface area contributed by atoms with Crippen molar-refractivity contribution in [3.05, 3.63) is 53.8 Å². The van der Waals surface area contributed by atoms with Crippen LogP contribution in [-0.2, 0) is 0 Å². The molecule has 0 N–H and O–H groups in total. The average Bonchev–Trinajstić information content (AvgIpc) is 2.57. The molecule has 2 rings (SSSR count). The average molecular weight is 463 g/mol. The molecule has 0 aliphatic heterocycles. The first kappa shape index (κ1) is 14.0. The van der Waals surface area contributed by atoms with Crippen LogP contribution in [0.4, 0.5) is 4.39 Å². The van der Waals surface area contributed by atoms with E-state index in [2.05, 4.69) is 47.8 Å². The van der Waals surface area contributed by atoms with Crippen LogP contribution in [0.3, 0.4) is 0 Å². The van der Waals surface area contributed by atoms with Gasteiger partial charge in [-0.05, 0) is 55.6 Å². The molecule has 0 saturated heterocycles. The molecule has 2 aromatic rings. The molecular formula is C11H5Br3ClFS. The van der Waals surface area contributed by atoms with E-state index in [1.165, 1.54) is 6.07 Å². The Morgan fingerprint density at radius 2 is 1.88 bits per heavy atom. The summed E-state index contributed by atoms with van der Waals surface area (Å²) < 4.78 is 15.8. The summed E-state index contributed by atoms with van der Waals surface area (Å²) >= 11 is 17.7. The summed E-state index contributed by atoms with van der Waals surface area (Å²) in [7, 11) is 0. The number of benzene rings is 1. The van der Waals surface area contributed by atoms with E-state index in [-0.39, 0.29) is 10.6 Å². The monoisotopic (exact) mass is 460 g/mol. The van der Waals surface area contributed by atoms with E-state index in [0.29, 0.717) is 10.6 Å². The van der Waals surface area contributed by atoms with Crippen molar-refractivity contribution in [2.24, 2.45) is 0 Å². The Bertz CT molecular complexity index is 556. The Labute approximate surface area is 133 Å². The fourth-order valence-corrected chi connectivity index (χ4v) is 5.65. The minimum absolute atomic E-state index is 0.198. The van der Waals surface area contributed by atoms with Crippen molar-refractivity contribution in [3.63, 3.8) is 0 Å². The Kier molecular flexibility index (Phi) is 4.69. The van der Waals surface area contributed by atoms with E-state index >= 15 is 0 Å². The molecule has 0 aliphatic carbocycles. The highest BCUT2D eigenvalue weighted by Crippen LogP contribution is 2.42. The lowest BCUT2D eigenvalue weighted by Gasteiger charge is -2.10. The summed E-state index contributed by atoms with van der Waals surface area (Å²) in [5.74, 6) is -0.311. The van der Waals surface area contributed by atoms with Crippen molar-refractivity contribution >= 4 is 70.7 Å². The molecule has 0 fully saturated rings. The molecular weight excluding hydrogens is 458 g/mol. The van der Waals surface area contributed by atoms with E-state index in [1.807, 2.05) is 6.07 Å². The number of hydrogen-bond donors (Lipinski definition) is 0. The molecule has 1 aromatic carbocycles. The van der Waals surface area contributed by atoms with Gasteiger partial charge in [-0.1, -0.05) is 33.6 Å². The minimum Gasteiger partial charge on any atom is -0.207 e. The Hall–Kier alpha value is 0.580. The van der Waals surface area contributed by atoms with Gasteiger partial charge in [0.1, 0.15) is 5.82 Å². The highest BCUT2D eigenvalue weighted by molar-refractivity contribution is 9.12. The topological polar surface area (TPSA) is 0 Å². The molecule has 0 aliphatic rings. The summed E-state index contributed by atoms with van der Waals surface area (Å²) in [6, 6.07) is 6.65. The molecule has 90 valence electrons. The van der Waals surface area contributed by atoms with Crippen molar-refractivity contribution in [2.75, 3.05) is 0 Å². The first-order chi connectivity index (χ1) is 7.99. The SMILES string of the molecule is Fc1cc(Cl)ccc1C(Br)c1cc(Br)sc1Br. The lowest BCUT2D eigenvalue weighted by atomic mass is 10.1. The number of thiophene rings is 1. The zero-order chi connectivity index (χ0) is 12.6.